The van der Waals surface area contributed by atoms with Crippen LogP contribution in [0.2, 0.25) is 0 Å². The summed E-state index contributed by atoms with van der Waals surface area (Å²) in [6.45, 7) is 9.54. The molecule has 0 bridgehead atoms. The monoisotopic (exact) mass is 1400 g/mol. The molecule has 0 aliphatic rings. The van der Waals surface area contributed by atoms with Gasteiger partial charge in [0.25, 0.3) is 0 Å². The van der Waals surface area contributed by atoms with Crippen LogP contribution in [0.5, 0.6) is 0 Å². The molecule has 0 aliphatic carbocycles. The van der Waals surface area contributed by atoms with Gasteiger partial charge in [0, 0.05) is 25.7 Å². The van der Waals surface area contributed by atoms with Crippen LogP contribution in [0.15, 0.2) is 0 Å². The predicted octanol–water partition coefficient (Wildman–Crippen LogP) is 22.3. The minimum atomic E-state index is -4.96. The van der Waals surface area contributed by atoms with Crippen molar-refractivity contribution in [3.63, 3.8) is 0 Å². The van der Waals surface area contributed by atoms with E-state index in [0.717, 1.165) is 102 Å². The molecule has 0 saturated heterocycles. The van der Waals surface area contributed by atoms with E-state index >= 15 is 0 Å². The van der Waals surface area contributed by atoms with Crippen LogP contribution < -0.4 is 0 Å². The molecule has 0 spiro atoms. The van der Waals surface area contributed by atoms with E-state index in [2.05, 4.69) is 41.5 Å². The third-order valence-electron chi connectivity index (χ3n) is 17.7. The summed E-state index contributed by atoms with van der Waals surface area (Å²) >= 11 is 0. The fourth-order valence-corrected chi connectivity index (χ4v) is 13.2. The van der Waals surface area contributed by atoms with E-state index in [1.807, 2.05) is 0 Å². The molecule has 0 rings (SSSR count). The van der Waals surface area contributed by atoms with Crippen molar-refractivity contribution in [2.24, 2.45) is 11.8 Å². The van der Waals surface area contributed by atoms with E-state index in [-0.39, 0.29) is 25.7 Å². The number of carbonyl (C=O) groups is 4. The number of ether oxygens (including phenoxy) is 4. The molecular formula is C76H148O17P2. The third-order valence-corrected chi connectivity index (χ3v) is 19.6. The molecule has 3 N–H and O–H groups in total. The van der Waals surface area contributed by atoms with Gasteiger partial charge in [0.15, 0.2) is 12.2 Å². The Labute approximate surface area is 581 Å². The van der Waals surface area contributed by atoms with E-state index in [1.54, 1.807) is 0 Å². The Kier molecular flexibility index (Phi) is 66.5. The lowest BCUT2D eigenvalue weighted by Gasteiger charge is -2.21. The van der Waals surface area contributed by atoms with Crippen molar-refractivity contribution in [3.8, 4) is 0 Å². The number of unbranched alkanes of at least 4 members (excludes halogenated alkanes) is 45. The Hall–Kier alpha value is -1.94. The second-order valence-electron chi connectivity index (χ2n) is 28.3. The highest BCUT2D eigenvalue weighted by Crippen LogP contribution is 2.45. The van der Waals surface area contributed by atoms with Crippen LogP contribution in [0.3, 0.4) is 0 Å². The van der Waals surface area contributed by atoms with Crippen molar-refractivity contribution in [3.05, 3.63) is 0 Å². The first kappa shape index (κ1) is 93.1. The van der Waals surface area contributed by atoms with Gasteiger partial charge in [-0.2, -0.15) is 0 Å². The molecule has 0 heterocycles. The van der Waals surface area contributed by atoms with Gasteiger partial charge in [0.1, 0.15) is 19.3 Å². The number of rotatable bonds is 75. The Bertz CT molecular complexity index is 1840. The summed E-state index contributed by atoms with van der Waals surface area (Å²) in [5.74, 6) is -0.640. The van der Waals surface area contributed by atoms with Crippen LogP contribution >= 0.6 is 15.6 Å². The summed E-state index contributed by atoms with van der Waals surface area (Å²) in [4.78, 5) is 72.8. The second-order valence-corrected chi connectivity index (χ2v) is 31.3. The maximum atomic E-state index is 13.1. The predicted molar refractivity (Wildman–Crippen MR) is 386 cm³/mol. The van der Waals surface area contributed by atoms with Crippen molar-refractivity contribution in [1.82, 2.24) is 0 Å². The van der Waals surface area contributed by atoms with Crippen molar-refractivity contribution in [1.29, 1.82) is 0 Å². The molecule has 0 aromatic rings. The molecular weight excluding hydrogens is 1250 g/mol. The van der Waals surface area contributed by atoms with Crippen LogP contribution in [-0.4, -0.2) is 96.7 Å². The molecule has 5 atom stereocenters. The zero-order valence-corrected chi connectivity index (χ0v) is 63.8. The second kappa shape index (κ2) is 67.9. The summed E-state index contributed by atoms with van der Waals surface area (Å²) in [5.41, 5.74) is 0. The van der Waals surface area contributed by atoms with Gasteiger partial charge in [-0.15, -0.1) is 0 Å². The summed E-state index contributed by atoms with van der Waals surface area (Å²) in [6, 6.07) is 0. The number of esters is 4. The standard InChI is InChI=1S/C76H148O17P2/c1-7-9-11-13-15-17-19-20-21-22-23-24-25-26-27-31-36-42-49-55-61-76(81)92-71(64-86-73(78)58-52-46-40-34-32-28-30-33-38-44-50-56-68(3)4)66-90-94(82,83)88-62-70(77)63-89-95(84,85)91-67-72(65-87-74(79)59-53-47-43-37-39-45-51-57-69(5)6)93-75(80)60-54-48-41-35-29-18-16-14-12-10-8-2/h68-72,77H,7-67H2,1-6H3,(H,82,83)(H,84,85)/t70-,71-,72-/m1/s1. The zero-order valence-electron chi connectivity index (χ0n) is 62.0. The van der Waals surface area contributed by atoms with E-state index in [0.29, 0.717) is 31.6 Å². The first-order valence-corrected chi connectivity index (χ1v) is 42.5. The van der Waals surface area contributed by atoms with E-state index in [9.17, 15) is 43.2 Å². The average molecular weight is 1400 g/mol. The van der Waals surface area contributed by atoms with Crippen LogP contribution in [0.4, 0.5) is 0 Å². The van der Waals surface area contributed by atoms with Gasteiger partial charge >= 0.3 is 39.5 Å². The van der Waals surface area contributed by atoms with Gasteiger partial charge in [0.05, 0.1) is 26.4 Å². The van der Waals surface area contributed by atoms with Crippen LogP contribution in [0.25, 0.3) is 0 Å². The lowest BCUT2D eigenvalue weighted by molar-refractivity contribution is -0.161. The lowest BCUT2D eigenvalue weighted by Crippen LogP contribution is -2.30. The highest BCUT2D eigenvalue weighted by molar-refractivity contribution is 7.47. The summed E-state index contributed by atoms with van der Waals surface area (Å²) in [5, 5.41) is 10.6. The van der Waals surface area contributed by atoms with Crippen LogP contribution in [0.1, 0.15) is 395 Å². The smallest absolute Gasteiger partial charge is 0.462 e. The van der Waals surface area contributed by atoms with Gasteiger partial charge in [-0.25, -0.2) is 9.13 Å². The van der Waals surface area contributed by atoms with Gasteiger partial charge in [-0.1, -0.05) is 343 Å². The van der Waals surface area contributed by atoms with Crippen molar-refractivity contribution in [2.75, 3.05) is 39.6 Å². The molecule has 0 aromatic carbocycles. The highest BCUT2D eigenvalue weighted by Gasteiger charge is 2.30. The molecule has 0 amide bonds. The molecule has 19 heteroatoms. The summed E-state index contributed by atoms with van der Waals surface area (Å²) in [6.07, 6.45) is 55.6. The van der Waals surface area contributed by atoms with Gasteiger partial charge in [-0.3, -0.25) is 37.3 Å². The summed E-state index contributed by atoms with van der Waals surface area (Å²) in [7, 11) is -9.91. The quantitative estimate of drug-likeness (QED) is 0.0222. The number of hydrogen-bond acceptors (Lipinski definition) is 15. The number of phosphoric acid groups is 2. The topological polar surface area (TPSA) is 237 Å². The molecule has 95 heavy (non-hydrogen) atoms. The Morgan fingerprint density at radius 3 is 0.716 bits per heavy atom. The summed E-state index contributed by atoms with van der Waals surface area (Å²) < 4.78 is 68.5. The molecule has 17 nitrogen and oxygen atoms in total. The fraction of sp³-hybridized carbons (Fsp3) is 0.947. The number of aliphatic hydroxyl groups is 1. The average Bonchev–Trinajstić information content (AvgIpc) is 1.51. The third kappa shape index (κ3) is 70.3. The van der Waals surface area contributed by atoms with Crippen LogP contribution in [-0.2, 0) is 65.4 Å². The number of carbonyl (C=O) groups excluding carboxylic acids is 4. The molecule has 564 valence electrons. The molecule has 0 saturated carbocycles. The zero-order chi connectivity index (χ0) is 70.0. The first-order valence-electron chi connectivity index (χ1n) is 39.5. The van der Waals surface area contributed by atoms with E-state index in [4.69, 9.17) is 37.0 Å². The highest BCUT2D eigenvalue weighted by atomic mass is 31.2. The number of hydrogen-bond donors (Lipinski definition) is 3. The molecule has 2 unspecified atom stereocenters. The molecule has 0 fully saturated rings. The number of phosphoric ester groups is 2. The number of aliphatic hydroxyl groups excluding tert-OH is 1. The maximum absolute atomic E-state index is 13.1. The van der Waals surface area contributed by atoms with Gasteiger partial charge < -0.3 is 33.8 Å². The largest absolute Gasteiger partial charge is 0.472 e. The maximum Gasteiger partial charge on any atom is 0.472 e. The van der Waals surface area contributed by atoms with Crippen molar-refractivity contribution >= 4 is 39.5 Å². The van der Waals surface area contributed by atoms with Gasteiger partial charge in [0.2, 0.25) is 0 Å². The molecule has 0 aliphatic heterocycles. The van der Waals surface area contributed by atoms with E-state index < -0.39 is 97.5 Å². The Morgan fingerprint density at radius 2 is 0.484 bits per heavy atom. The SMILES string of the molecule is CCCCCCCCCCCCCCCCCCCCCCC(=O)O[C@H](COC(=O)CCCCCCCCCCCCCC(C)C)COP(=O)(O)OC[C@@H](O)COP(=O)(O)OC[C@@H](COC(=O)CCCCCCCCCC(C)C)OC(=O)CCCCCCCCCCCCC. The molecule has 0 aromatic heterocycles. The van der Waals surface area contributed by atoms with Crippen LogP contribution in [0, 0.1) is 11.8 Å². The van der Waals surface area contributed by atoms with Crippen molar-refractivity contribution in [2.45, 2.75) is 413 Å². The Balaban J connectivity index is 5.21. The van der Waals surface area contributed by atoms with Gasteiger partial charge in [-0.05, 0) is 37.5 Å². The van der Waals surface area contributed by atoms with Crippen molar-refractivity contribution < 1.29 is 80.2 Å². The first-order chi connectivity index (χ1) is 45.9. The minimum absolute atomic E-state index is 0.106. The minimum Gasteiger partial charge on any atom is -0.462 e. The fourth-order valence-electron chi connectivity index (χ4n) is 11.7. The Morgan fingerprint density at radius 1 is 0.284 bits per heavy atom. The molecule has 0 radical (unpaired) electrons. The lowest BCUT2D eigenvalue weighted by atomic mass is 10.0. The normalized spacial score (nSPS) is 14.0. The van der Waals surface area contributed by atoms with E-state index in [1.165, 1.54) is 205 Å².